The van der Waals surface area contributed by atoms with Crippen molar-refractivity contribution in [1.29, 1.82) is 0 Å². The number of halogens is 2. The van der Waals surface area contributed by atoms with Crippen molar-refractivity contribution < 1.29 is 13.9 Å². The van der Waals surface area contributed by atoms with Crippen LogP contribution in [0.4, 0.5) is 8.78 Å². The van der Waals surface area contributed by atoms with Gasteiger partial charge in [0, 0.05) is 6.07 Å². The Morgan fingerprint density at radius 3 is 2.80 bits per heavy atom. The van der Waals surface area contributed by atoms with Gasteiger partial charge in [0.25, 0.3) is 0 Å². The Balaban J connectivity index is 2.53. The van der Waals surface area contributed by atoms with E-state index in [0.29, 0.717) is 30.4 Å². The van der Waals surface area contributed by atoms with Crippen molar-refractivity contribution in [3.05, 3.63) is 34.9 Å². The van der Waals surface area contributed by atoms with Gasteiger partial charge in [0.15, 0.2) is 0 Å². The first-order valence-electron chi connectivity index (χ1n) is 5.01. The normalized spacial score (nSPS) is 25.9. The van der Waals surface area contributed by atoms with Crippen LogP contribution >= 0.6 is 0 Å². The van der Waals surface area contributed by atoms with Crippen molar-refractivity contribution in [3.8, 4) is 0 Å². The summed E-state index contributed by atoms with van der Waals surface area (Å²) in [4.78, 5) is 0. The molecule has 0 aromatic heterocycles. The number of aliphatic hydroxyl groups excluding tert-OH is 1. The van der Waals surface area contributed by atoms with Crippen LogP contribution in [0, 0.1) is 11.6 Å². The standard InChI is InChI=1S/C11H13F2NO/c12-6-4-8-7(9(13)5-6)2-1-3-10(15)11(8)14/h4-5,10-11,15H,1-3,14H2. The molecule has 1 aromatic rings. The molecule has 0 heterocycles. The zero-order valence-electron chi connectivity index (χ0n) is 8.21. The zero-order valence-corrected chi connectivity index (χ0v) is 8.21. The summed E-state index contributed by atoms with van der Waals surface area (Å²) in [5.41, 5.74) is 6.59. The lowest BCUT2D eigenvalue weighted by molar-refractivity contribution is 0.136. The molecule has 4 heteroatoms. The van der Waals surface area contributed by atoms with Crippen LogP contribution < -0.4 is 5.73 Å². The molecule has 0 bridgehead atoms. The summed E-state index contributed by atoms with van der Waals surface area (Å²) >= 11 is 0. The van der Waals surface area contributed by atoms with Gasteiger partial charge in [-0.05, 0) is 36.5 Å². The molecule has 0 spiro atoms. The average Bonchev–Trinajstić information content (AvgIpc) is 2.30. The second kappa shape index (κ2) is 3.87. The highest BCUT2D eigenvalue weighted by molar-refractivity contribution is 5.33. The van der Waals surface area contributed by atoms with Crippen molar-refractivity contribution >= 4 is 0 Å². The number of benzene rings is 1. The summed E-state index contributed by atoms with van der Waals surface area (Å²) in [6.07, 6.45) is 0.987. The van der Waals surface area contributed by atoms with Gasteiger partial charge in [-0.1, -0.05) is 0 Å². The van der Waals surface area contributed by atoms with E-state index >= 15 is 0 Å². The van der Waals surface area contributed by atoms with Crippen LogP contribution in [0.3, 0.4) is 0 Å². The molecular formula is C11H13F2NO. The highest BCUT2D eigenvalue weighted by Crippen LogP contribution is 2.29. The Labute approximate surface area is 86.7 Å². The maximum Gasteiger partial charge on any atom is 0.129 e. The lowest BCUT2D eigenvalue weighted by atomic mass is 9.98. The van der Waals surface area contributed by atoms with E-state index in [1.807, 2.05) is 0 Å². The Hall–Kier alpha value is -1.00. The van der Waals surface area contributed by atoms with Crippen LogP contribution in [0.2, 0.25) is 0 Å². The third-order valence-electron chi connectivity index (χ3n) is 2.90. The number of nitrogens with two attached hydrogens (primary N) is 1. The Kier molecular flexibility index (Phi) is 2.71. The maximum absolute atomic E-state index is 13.4. The fraction of sp³-hybridized carbons (Fsp3) is 0.455. The minimum atomic E-state index is -0.715. The molecule has 0 aliphatic heterocycles. The maximum atomic E-state index is 13.4. The molecule has 1 aliphatic rings. The molecule has 3 N–H and O–H groups in total. The Morgan fingerprint density at radius 1 is 1.33 bits per heavy atom. The molecule has 0 amide bonds. The predicted octanol–water partition coefficient (Wildman–Crippen LogP) is 1.66. The summed E-state index contributed by atoms with van der Waals surface area (Å²) in [6, 6.07) is 1.40. The average molecular weight is 213 g/mol. The zero-order chi connectivity index (χ0) is 11.0. The van der Waals surface area contributed by atoms with Gasteiger partial charge in [-0.25, -0.2) is 8.78 Å². The minimum absolute atomic E-state index is 0.400. The molecule has 2 unspecified atom stereocenters. The third-order valence-corrected chi connectivity index (χ3v) is 2.90. The molecule has 15 heavy (non-hydrogen) atoms. The molecule has 82 valence electrons. The number of aliphatic hydroxyl groups is 1. The molecule has 0 saturated carbocycles. The van der Waals surface area contributed by atoms with Crippen LogP contribution in [-0.2, 0) is 6.42 Å². The predicted molar refractivity (Wildman–Crippen MR) is 52.2 cm³/mol. The van der Waals surface area contributed by atoms with Crippen molar-refractivity contribution in [3.63, 3.8) is 0 Å². The molecule has 0 fully saturated rings. The Morgan fingerprint density at radius 2 is 2.07 bits per heavy atom. The summed E-state index contributed by atoms with van der Waals surface area (Å²) in [5, 5.41) is 9.62. The Bertz CT molecular complexity index is 381. The number of rotatable bonds is 0. The molecule has 1 aliphatic carbocycles. The fourth-order valence-corrected chi connectivity index (χ4v) is 2.06. The van der Waals surface area contributed by atoms with Crippen LogP contribution in [0.25, 0.3) is 0 Å². The highest BCUT2D eigenvalue weighted by atomic mass is 19.1. The van der Waals surface area contributed by atoms with E-state index < -0.39 is 23.8 Å². The molecule has 2 rings (SSSR count). The highest BCUT2D eigenvalue weighted by Gasteiger charge is 2.25. The second-order valence-corrected chi connectivity index (χ2v) is 3.94. The van der Waals surface area contributed by atoms with E-state index in [1.165, 1.54) is 6.07 Å². The van der Waals surface area contributed by atoms with Gasteiger partial charge >= 0.3 is 0 Å². The van der Waals surface area contributed by atoms with Crippen LogP contribution in [0.15, 0.2) is 12.1 Å². The van der Waals surface area contributed by atoms with Gasteiger partial charge < -0.3 is 10.8 Å². The lowest BCUT2D eigenvalue weighted by Crippen LogP contribution is -2.25. The largest absolute Gasteiger partial charge is 0.391 e. The number of hydrogen-bond acceptors (Lipinski definition) is 2. The summed E-state index contributed by atoms with van der Waals surface area (Å²) in [6.45, 7) is 0. The first-order valence-corrected chi connectivity index (χ1v) is 5.01. The van der Waals surface area contributed by atoms with Crippen molar-refractivity contribution in [1.82, 2.24) is 0 Å². The summed E-state index contributed by atoms with van der Waals surface area (Å²) in [5.74, 6) is -1.20. The van der Waals surface area contributed by atoms with Gasteiger partial charge in [0.05, 0.1) is 12.1 Å². The van der Waals surface area contributed by atoms with Crippen molar-refractivity contribution in [2.45, 2.75) is 31.4 Å². The topological polar surface area (TPSA) is 46.2 Å². The lowest BCUT2D eigenvalue weighted by Gasteiger charge is -2.17. The second-order valence-electron chi connectivity index (χ2n) is 3.94. The third kappa shape index (κ3) is 1.87. The monoisotopic (exact) mass is 213 g/mol. The first-order chi connectivity index (χ1) is 7.09. The van der Waals surface area contributed by atoms with Gasteiger partial charge in [0.2, 0.25) is 0 Å². The van der Waals surface area contributed by atoms with Gasteiger partial charge in [0.1, 0.15) is 11.6 Å². The van der Waals surface area contributed by atoms with E-state index in [-0.39, 0.29) is 0 Å². The van der Waals surface area contributed by atoms with E-state index in [2.05, 4.69) is 0 Å². The number of fused-ring (bicyclic) bond motifs is 1. The van der Waals surface area contributed by atoms with Crippen molar-refractivity contribution in [2.75, 3.05) is 0 Å². The van der Waals surface area contributed by atoms with Crippen molar-refractivity contribution in [2.24, 2.45) is 5.73 Å². The SMILES string of the molecule is NC1c2cc(F)cc(F)c2CCCC1O. The van der Waals surface area contributed by atoms with Crippen LogP contribution in [0.1, 0.15) is 30.0 Å². The van der Waals surface area contributed by atoms with Crippen LogP contribution in [-0.4, -0.2) is 11.2 Å². The molecule has 0 saturated heterocycles. The first kappa shape index (κ1) is 10.5. The van der Waals surface area contributed by atoms with E-state index in [9.17, 15) is 13.9 Å². The molecule has 1 aromatic carbocycles. The fourth-order valence-electron chi connectivity index (χ4n) is 2.06. The summed E-state index contributed by atoms with van der Waals surface area (Å²) < 4.78 is 26.4. The van der Waals surface area contributed by atoms with E-state index in [0.717, 1.165) is 6.07 Å². The van der Waals surface area contributed by atoms with E-state index in [1.54, 1.807) is 0 Å². The van der Waals surface area contributed by atoms with Gasteiger partial charge in [-0.3, -0.25) is 0 Å². The smallest absolute Gasteiger partial charge is 0.129 e. The molecule has 0 radical (unpaired) electrons. The summed E-state index contributed by atoms with van der Waals surface area (Å²) in [7, 11) is 0. The number of hydrogen-bond donors (Lipinski definition) is 2. The minimum Gasteiger partial charge on any atom is -0.391 e. The van der Waals surface area contributed by atoms with Crippen LogP contribution in [0.5, 0.6) is 0 Å². The molecule has 2 atom stereocenters. The quantitative estimate of drug-likeness (QED) is 0.644. The molecular weight excluding hydrogens is 200 g/mol. The van der Waals surface area contributed by atoms with Gasteiger partial charge in [-0.2, -0.15) is 0 Å². The van der Waals surface area contributed by atoms with E-state index in [4.69, 9.17) is 5.73 Å². The molecule has 2 nitrogen and oxygen atoms in total. The van der Waals surface area contributed by atoms with Gasteiger partial charge in [-0.15, -0.1) is 0 Å².